The van der Waals surface area contributed by atoms with Crippen LogP contribution in [0.15, 0.2) is 0 Å². The molecule has 0 rings (SSSR count). The lowest BCUT2D eigenvalue weighted by Crippen LogP contribution is -2.06. The van der Waals surface area contributed by atoms with E-state index in [0.29, 0.717) is 6.04 Å². The fourth-order valence-corrected chi connectivity index (χ4v) is 0. The van der Waals surface area contributed by atoms with Crippen LogP contribution in [0.5, 0.6) is 0 Å². The Morgan fingerprint density at radius 1 is 2.00 bits per heavy atom. The van der Waals surface area contributed by atoms with E-state index < -0.39 is 0 Å². The second-order valence-electron chi connectivity index (χ2n) is 1.15. The summed E-state index contributed by atoms with van der Waals surface area (Å²) in [4.78, 5) is 0. The van der Waals surface area contributed by atoms with Crippen molar-refractivity contribution >= 4 is 0 Å². The van der Waals surface area contributed by atoms with Gasteiger partial charge >= 0.3 is 0 Å². The molecule has 4 heavy (non-hydrogen) atoms. The lowest BCUT2D eigenvalue weighted by Gasteiger charge is -1.81. The van der Waals surface area contributed by atoms with Crippen molar-refractivity contribution in [1.29, 1.82) is 0 Å². The average Bonchev–Trinajstić information content (AvgIpc) is 1.38. The van der Waals surface area contributed by atoms with Gasteiger partial charge in [0.05, 0.1) is 0 Å². The second kappa shape index (κ2) is 1.30. The highest BCUT2D eigenvalue weighted by Crippen LogP contribution is 1.58. The Labute approximate surface area is 28.3 Å². The summed E-state index contributed by atoms with van der Waals surface area (Å²) in [5, 5.41) is 0. The van der Waals surface area contributed by atoms with E-state index in [0.717, 1.165) is 0 Å². The summed E-state index contributed by atoms with van der Waals surface area (Å²) < 4.78 is 6.41. The molecule has 0 aromatic heterocycles. The summed E-state index contributed by atoms with van der Waals surface area (Å²) in [5.74, 6) is 0. The van der Waals surface area contributed by atoms with Crippen LogP contribution in [0.4, 0.5) is 0 Å². The quantitative estimate of drug-likeness (QED) is 0.464. The summed E-state index contributed by atoms with van der Waals surface area (Å²) in [7, 11) is 0. The lowest BCUT2D eigenvalue weighted by atomic mass is 10.5. The lowest BCUT2D eigenvalue weighted by molar-refractivity contribution is 0.834. The molecule has 26 valence electrons. The van der Waals surface area contributed by atoms with Crippen molar-refractivity contribution in [3.63, 3.8) is 0 Å². The van der Waals surface area contributed by atoms with E-state index in [4.69, 9.17) is 1.41 Å². The van der Waals surface area contributed by atoms with Gasteiger partial charge in [0.25, 0.3) is 0 Å². The zero-order valence-corrected chi connectivity index (χ0v) is 3.08. The van der Waals surface area contributed by atoms with Crippen LogP contribution in [0, 0.1) is 0 Å². The zero-order valence-electron chi connectivity index (χ0n) is 4.08. The molecule has 0 aliphatic rings. The Morgan fingerprint density at radius 3 is 2.25 bits per heavy atom. The van der Waals surface area contributed by atoms with Gasteiger partial charge < -0.3 is 5.73 Å². The van der Waals surface area contributed by atoms with Gasteiger partial charge in [-0.05, 0) is 6.04 Å². The zero-order chi connectivity index (χ0) is 4.28. The van der Waals surface area contributed by atoms with Crippen molar-refractivity contribution in [3.05, 3.63) is 0 Å². The summed E-state index contributed by atoms with van der Waals surface area (Å²) in [6, 6.07) is 0.301. The molecule has 0 aromatic carbocycles. The molecule has 0 spiro atoms. The molecule has 0 atom stereocenters. The van der Waals surface area contributed by atoms with Gasteiger partial charge in [-0.25, -0.2) is 0 Å². The normalized spacial score (nSPS) is 12.2. The molecule has 0 aromatic rings. The van der Waals surface area contributed by atoms with Crippen molar-refractivity contribution in [2.45, 2.75) is 19.9 Å². The maximum Gasteiger partial charge on any atom is 0.119 e. The third-order valence-corrected chi connectivity index (χ3v) is 0. The molecule has 0 saturated heterocycles. The van der Waals surface area contributed by atoms with Crippen LogP contribution < -0.4 is 5.73 Å². The van der Waals surface area contributed by atoms with Crippen LogP contribution in [0.2, 0.25) is 1.41 Å². The SMILES string of the molecule is [2H]NC(C)C. The van der Waals surface area contributed by atoms with Gasteiger partial charge in [0, 0.05) is 0 Å². The molecule has 0 bridgehead atoms. The standard InChI is InChI=1S/C3H9N/c1-3(2)4/h3H,4H2,1-2H3/i/hD. The first kappa shape index (κ1) is 2.21. The molecule has 0 fully saturated rings. The van der Waals surface area contributed by atoms with Crippen LogP contribution >= 0.6 is 0 Å². The average molecular weight is 60.1 g/mol. The molecular weight excluding hydrogens is 50.0 g/mol. The third kappa shape index (κ3) is 1130. The predicted octanol–water partition coefficient (Wildman–Crippen LogP) is 0.353. The summed E-state index contributed by atoms with van der Waals surface area (Å²) in [5.41, 5.74) is 2.28. The molecule has 0 amide bonds. The molecule has 1 nitrogen and oxygen atoms in total. The molecule has 0 aliphatic carbocycles. The van der Waals surface area contributed by atoms with Crippen LogP contribution in [-0.2, 0) is 0 Å². The maximum atomic E-state index is 6.41. The fourth-order valence-electron chi connectivity index (χ4n) is 0. The van der Waals surface area contributed by atoms with E-state index in [9.17, 15) is 0 Å². The Morgan fingerprint density at radius 2 is 2.25 bits per heavy atom. The Bertz CT molecular complexity index is 20.9. The summed E-state index contributed by atoms with van der Waals surface area (Å²) in [6.45, 7) is 3.85. The Balaban J connectivity index is 2.54. The van der Waals surface area contributed by atoms with Crippen LogP contribution in [0.3, 0.4) is 0 Å². The number of hydrogen-bond donors (Lipinski definition) is 1. The van der Waals surface area contributed by atoms with E-state index in [1.165, 1.54) is 0 Å². The van der Waals surface area contributed by atoms with E-state index in [2.05, 4.69) is 5.73 Å². The van der Waals surface area contributed by atoms with Crippen LogP contribution in [0.25, 0.3) is 0 Å². The highest BCUT2D eigenvalue weighted by molar-refractivity contribution is 4.32. The predicted molar refractivity (Wildman–Crippen MR) is 19.3 cm³/mol. The topological polar surface area (TPSA) is 26.0 Å². The maximum absolute atomic E-state index is 6.41. The van der Waals surface area contributed by atoms with Crippen molar-refractivity contribution in [2.75, 3.05) is 0 Å². The molecular formula is C3H9N. The van der Waals surface area contributed by atoms with Gasteiger partial charge in [0.2, 0.25) is 0 Å². The highest BCUT2D eigenvalue weighted by Gasteiger charge is 1.67. The molecule has 0 heterocycles. The van der Waals surface area contributed by atoms with E-state index in [-0.39, 0.29) is 0 Å². The van der Waals surface area contributed by atoms with E-state index >= 15 is 0 Å². The van der Waals surface area contributed by atoms with Crippen molar-refractivity contribution < 1.29 is 1.41 Å². The van der Waals surface area contributed by atoms with Crippen molar-refractivity contribution in [2.24, 2.45) is 5.73 Å². The number of rotatable bonds is 1. The highest BCUT2D eigenvalue weighted by atomic mass is 14.6. The van der Waals surface area contributed by atoms with E-state index in [1.807, 2.05) is 13.8 Å². The van der Waals surface area contributed by atoms with Gasteiger partial charge in [0.1, 0.15) is 1.41 Å². The first-order chi connectivity index (χ1) is 2.27. The van der Waals surface area contributed by atoms with E-state index in [1.54, 1.807) is 0 Å². The van der Waals surface area contributed by atoms with Gasteiger partial charge in [-0.3, -0.25) is 0 Å². The minimum Gasteiger partial charge on any atom is -0.328 e. The number of nitrogens with two attached hydrogens (primary N) is 1. The summed E-state index contributed by atoms with van der Waals surface area (Å²) in [6.07, 6.45) is 0. The van der Waals surface area contributed by atoms with Crippen LogP contribution in [-0.4, -0.2) is 6.04 Å². The molecule has 0 saturated carbocycles. The van der Waals surface area contributed by atoms with Gasteiger partial charge in [-0.2, -0.15) is 0 Å². The molecule has 0 radical (unpaired) electrons. The number of hydrogen-bond acceptors (Lipinski definition) is 1. The fraction of sp³-hybridized carbons (Fsp3) is 1.00. The molecule has 1 heteroatoms. The largest absolute Gasteiger partial charge is 0.328 e. The van der Waals surface area contributed by atoms with Gasteiger partial charge in [0.15, 0.2) is 0 Å². The minimum atomic E-state index is 0.301. The Hall–Kier alpha value is -0.0400. The first-order valence-corrected chi connectivity index (χ1v) is 1.44. The molecule has 0 aliphatic heterocycles. The summed E-state index contributed by atoms with van der Waals surface area (Å²) >= 11 is 0. The van der Waals surface area contributed by atoms with Crippen LogP contribution in [0.1, 0.15) is 13.8 Å². The molecule has 0 unspecified atom stereocenters. The van der Waals surface area contributed by atoms with Gasteiger partial charge in [-0.1, -0.05) is 13.8 Å². The third-order valence-electron chi connectivity index (χ3n) is 0. The minimum absolute atomic E-state index is 0.301. The first-order valence-electron chi connectivity index (χ1n) is 1.94. The molecule has 2 N–H and O–H groups in total. The monoisotopic (exact) mass is 60.1 g/mol. The van der Waals surface area contributed by atoms with Gasteiger partial charge in [-0.15, -0.1) is 0 Å². The smallest absolute Gasteiger partial charge is 0.119 e. The van der Waals surface area contributed by atoms with Crippen molar-refractivity contribution in [1.82, 2.24) is 0 Å². The second-order valence-corrected chi connectivity index (χ2v) is 1.15. The van der Waals surface area contributed by atoms with Crippen molar-refractivity contribution in [3.8, 4) is 0 Å². The Kier molecular flexibility index (Phi) is 0.718.